The van der Waals surface area contributed by atoms with Crippen LogP contribution in [0.3, 0.4) is 0 Å². The van der Waals surface area contributed by atoms with Crippen molar-refractivity contribution in [1.82, 2.24) is 0 Å². The topological polar surface area (TPSA) is 55.8 Å². The van der Waals surface area contributed by atoms with E-state index in [4.69, 9.17) is 9.47 Å². The first-order chi connectivity index (χ1) is 16.2. The van der Waals surface area contributed by atoms with Gasteiger partial charge in [0, 0.05) is 5.57 Å². The van der Waals surface area contributed by atoms with Gasteiger partial charge < -0.3 is 14.6 Å². The third-order valence-corrected chi connectivity index (χ3v) is 5.22. The molecule has 4 heteroatoms. The van der Waals surface area contributed by atoms with Gasteiger partial charge in [-0.3, -0.25) is 0 Å². The molecule has 4 nitrogen and oxygen atoms in total. The van der Waals surface area contributed by atoms with Gasteiger partial charge in [0.1, 0.15) is 11.5 Å². The molecular weight excluding hydrogens is 424 g/mol. The molecule has 0 aliphatic carbocycles. The zero-order valence-corrected chi connectivity index (χ0v) is 19.5. The largest absolute Gasteiger partial charge is 0.461 e. The molecule has 34 heavy (non-hydrogen) atoms. The van der Waals surface area contributed by atoms with Gasteiger partial charge in [-0.05, 0) is 89.2 Å². The van der Waals surface area contributed by atoms with Crippen molar-refractivity contribution in [3.63, 3.8) is 0 Å². The van der Waals surface area contributed by atoms with Gasteiger partial charge in [-0.1, -0.05) is 62.7 Å². The minimum Gasteiger partial charge on any atom is -0.461 e. The highest BCUT2D eigenvalue weighted by molar-refractivity contribution is 5.89. The summed E-state index contributed by atoms with van der Waals surface area (Å²) in [5.41, 5.74) is 6.69. The molecule has 0 aromatic heterocycles. The van der Waals surface area contributed by atoms with E-state index in [2.05, 4.69) is 38.4 Å². The summed E-state index contributed by atoms with van der Waals surface area (Å²) in [7, 11) is 0. The summed E-state index contributed by atoms with van der Waals surface area (Å²) in [4.78, 5) is 11.8. The predicted molar refractivity (Wildman–Crippen MR) is 139 cm³/mol. The Morgan fingerprint density at radius 2 is 1.26 bits per heavy atom. The van der Waals surface area contributed by atoms with Gasteiger partial charge in [-0.2, -0.15) is 0 Å². The summed E-state index contributed by atoms with van der Waals surface area (Å²) in [6.45, 7) is 18.6. The number of ether oxygens (including phenoxy) is 2. The predicted octanol–water partition coefficient (Wildman–Crippen LogP) is 7.06. The molecule has 0 aliphatic heterocycles. The zero-order chi connectivity index (χ0) is 24.8. The Hall–Kier alpha value is -4.15. The highest BCUT2D eigenvalue weighted by Gasteiger charge is 2.12. The number of esters is 1. The quantitative estimate of drug-likeness (QED) is 0.124. The number of benzene rings is 3. The van der Waals surface area contributed by atoms with Crippen LogP contribution in [0.4, 0.5) is 0 Å². The third-order valence-electron chi connectivity index (χ3n) is 5.22. The van der Waals surface area contributed by atoms with E-state index < -0.39 is 12.3 Å². The lowest BCUT2D eigenvalue weighted by Gasteiger charge is -2.16. The molecule has 3 rings (SSSR count). The Morgan fingerprint density at radius 3 is 1.65 bits per heavy atom. The van der Waals surface area contributed by atoms with Crippen molar-refractivity contribution in [3.8, 4) is 33.8 Å². The summed E-state index contributed by atoms with van der Waals surface area (Å²) in [5, 5.41) is 9.87. The Bertz CT molecular complexity index is 1250. The lowest BCUT2D eigenvalue weighted by atomic mass is 9.90. The molecule has 1 N–H and O–H groups in total. The SMILES string of the molecule is C=Cc1cc(-c2ccc(OC(O)C(=C)C)cc2)c(C=C)cc1-c1ccc(OC(=O)C(=C)C)cc1. The molecule has 3 aromatic rings. The number of aliphatic hydroxyl groups excluding tert-OH is 1. The second-order valence-corrected chi connectivity index (χ2v) is 7.97. The van der Waals surface area contributed by atoms with Crippen LogP contribution in [0, 0.1) is 0 Å². The number of rotatable bonds is 9. The van der Waals surface area contributed by atoms with E-state index >= 15 is 0 Å². The lowest BCUT2D eigenvalue weighted by Crippen LogP contribution is -2.15. The van der Waals surface area contributed by atoms with Gasteiger partial charge in [-0.25, -0.2) is 4.79 Å². The van der Waals surface area contributed by atoms with E-state index in [0.29, 0.717) is 22.6 Å². The highest BCUT2D eigenvalue weighted by Crippen LogP contribution is 2.35. The molecule has 0 spiro atoms. The fourth-order valence-corrected chi connectivity index (χ4v) is 3.31. The molecule has 0 aliphatic rings. The fourth-order valence-electron chi connectivity index (χ4n) is 3.31. The number of hydrogen-bond donors (Lipinski definition) is 1. The van der Waals surface area contributed by atoms with Crippen LogP contribution in [0.2, 0.25) is 0 Å². The normalized spacial score (nSPS) is 11.3. The van der Waals surface area contributed by atoms with Gasteiger partial charge in [0.25, 0.3) is 0 Å². The van der Waals surface area contributed by atoms with Gasteiger partial charge in [0.2, 0.25) is 6.29 Å². The highest BCUT2D eigenvalue weighted by atomic mass is 16.6. The molecule has 1 atom stereocenters. The molecule has 0 saturated heterocycles. The molecule has 0 amide bonds. The summed E-state index contributed by atoms with van der Waals surface area (Å²) in [6.07, 6.45) is 2.57. The number of carbonyl (C=O) groups is 1. The molecule has 0 fully saturated rings. The van der Waals surface area contributed by atoms with Crippen molar-refractivity contribution in [2.24, 2.45) is 0 Å². The van der Waals surface area contributed by atoms with Gasteiger partial charge in [0.15, 0.2) is 0 Å². The molecule has 0 bridgehead atoms. The summed E-state index contributed by atoms with van der Waals surface area (Å²) in [6, 6.07) is 18.9. The smallest absolute Gasteiger partial charge is 0.338 e. The van der Waals surface area contributed by atoms with Crippen LogP contribution in [-0.4, -0.2) is 17.4 Å². The molecule has 0 radical (unpaired) electrons. The summed E-state index contributed by atoms with van der Waals surface area (Å²) < 4.78 is 10.8. The number of hydrogen-bond acceptors (Lipinski definition) is 4. The standard InChI is InChI=1S/C30H28O4/c1-7-21-17-28(24-11-15-26(16-12-24)34-30(32)20(5)6)22(8-2)18-27(21)23-9-13-25(14-10-23)33-29(31)19(3)4/h7-18,29,31H,1-3,5H2,4,6H3. The third kappa shape index (κ3) is 5.61. The van der Waals surface area contributed by atoms with Crippen LogP contribution in [0.5, 0.6) is 11.5 Å². The first-order valence-corrected chi connectivity index (χ1v) is 10.7. The molecule has 172 valence electrons. The van der Waals surface area contributed by atoms with Crippen molar-refractivity contribution in [3.05, 3.63) is 109 Å². The Balaban J connectivity index is 1.94. The second kappa shape index (κ2) is 10.6. The van der Waals surface area contributed by atoms with Crippen molar-refractivity contribution >= 4 is 18.1 Å². The zero-order valence-electron chi connectivity index (χ0n) is 19.5. The minimum atomic E-state index is -1.04. The first kappa shape index (κ1) is 24.5. The first-order valence-electron chi connectivity index (χ1n) is 10.7. The van der Waals surface area contributed by atoms with E-state index in [0.717, 1.165) is 33.4 Å². The van der Waals surface area contributed by atoms with Gasteiger partial charge in [-0.15, -0.1) is 0 Å². The van der Waals surface area contributed by atoms with Crippen LogP contribution >= 0.6 is 0 Å². The second-order valence-electron chi connectivity index (χ2n) is 7.97. The maximum atomic E-state index is 11.8. The van der Waals surface area contributed by atoms with Crippen LogP contribution in [-0.2, 0) is 4.79 Å². The Kier molecular flexibility index (Phi) is 7.67. The minimum absolute atomic E-state index is 0.343. The molecule has 0 heterocycles. The summed E-state index contributed by atoms with van der Waals surface area (Å²) >= 11 is 0. The van der Waals surface area contributed by atoms with Gasteiger partial charge >= 0.3 is 5.97 Å². The van der Waals surface area contributed by atoms with Crippen LogP contribution in [0.15, 0.2) is 98.1 Å². The number of carbonyl (C=O) groups excluding carboxylic acids is 1. The van der Waals surface area contributed by atoms with E-state index in [1.165, 1.54) is 0 Å². The fraction of sp³-hybridized carbons (Fsp3) is 0.100. The monoisotopic (exact) mass is 452 g/mol. The maximum Gasteiger partial charge on any atom is 0.338 e. The Labute approximate surface area is 200 Å². The van der Waals surface area contributed by atoms with E-state index in [9.17, 15) is 9.90 Å². The van der Waals surface area contributed by atoms with Crippen LogP contribution in [0.1, 0.15) is 25.0 Å². The van der Waals surface area contributed by atoms with Crippen molar-refractivity contribution in [2.75, 3.05) is 0 Å². The number of aliphatic hydroxyl groups is 1. The van der Waals surface area contributed by atoms with Crippen molar-refractivity contribution in [2.45, 2.75) is 20.1 Å². The average Bonchev–Trinajstić information content (AvgIpc) is 2.84. The molecular formula is C30H28O4. The summed E-state index contributed by atoms with van der Waals surface area (Å²) in [5.74, 6) is 0.548. The average molecular weight is 453 g/mol. The van der Waals surface area contributed by atoms with Gasteiger partial charge in [0.05, 0.1) is 0 Å². The van der Waals surface area contributed by atoms with E-state index in [-0.39, 0.29) is 0 Å². The van der Waals surface area contributed by atoms with Crippen molar-refractivity contribution < 1.29 is 19.4 Å². The lowest BCUT2D eigenvalue weighted by molar-refractivity contribution is -0.130. The molecule has 1 unspecified atom stereocenters. The molecule has 0 saturated carbocycles. The Morgan fingerprint density at radius 1 is 0.824 bits per heavy atom. The molecule has 3 aromatic carbocycles. The van der Waals surface area contributed by atoms with Crippen LogP contribution in [0.25, 0.3) is 34.4 Å². The van der Waals surface area contributed by atoms with E-state index in [1.54, 1.807) is 44.2 Å². The maximum absolute atomic E-state index is 11.8. The van der Waals surface area contributed by atoms with Crippen molar-refractivity contribution in [1.29, 1.82) is 0 Å². The van der Waals surface area contributed by atoms with Crippen LogP contribution < -0.4 is 9.47 Å². The van der Waals surface area contributed by atoms with E-state index in [1.807, 2.05) is 30.3 Å².